The minimum Gasteiger partial charge on any atom is -0.350 e. The van der Waals surface area contributed by atoms with Crippen molar-refractivity contribution in [3.8, 4) is 0 Å². The molecular weight excluding hydrogens is 300 g/mol. The molecular formula is C19H22N4O. The first-order chi connectivity index (χ1) is 11.5. The zero-order valence-corrected chi connectivity index (χ0v) is 14.6. The zero-order valence-electron chi connectivity index (χ0n) is 14.6. The van der Waals surface area contributed by atoms with Crippen LogP contribution in [-0.4, -0.2) is 27.2 Å². The predicted molar refractivity (Wildman–Crippen MR) is 95.3 cm³/mol. The largest absolute Gasteiger partial charge is 0.350 e. The number of nitrogens with zero attached hydrogens (tertiary/aromatic N) is 3. The average molecular weight is 322 g/mol. The molecule has 1 amide bonds. The van der Waals surface area contributed by atoms with Gasteiger partial charge in [-0.05, 0) is 57.0 Å². The molecule has 124 valence electrons. The quantitative estimate of drug-likeness (QED) is 0.803. The smallest absolute Gasteiger partial charge is 0.253 e. The van der Waals surface area contributed by atoms with E-state index < -0.39 is 0 Å². The van der Waals surface area contributed by atoms with Crippen molar-refractivity contribution in [3.63, 3.8) is 0 Å². The van der Waals surface area contributed by atoms with E-state index in [2.05, 4.69) is 29.2 Å². The fraction of sp³-hybridized carbons (Fsp3) is 0.316. The van der Waals surface area contributed by atoms with Crippen molar-refractivity contribution in [2.45, 2.75) is 34.2 Å². The lowest BCUT2D eigenvalue weighted by Gasteiger charge is -2.10. The van der Waals surface area contributed by atoms with Crippen molar-refractivity contribution >= 4 is 16.8 Å². The monoisotopic (exact) mass is 322 g/mol. The van der Waals surface area contributed by atoms with Crippen LogP contribution >= 0.6 is 0 Å². The lowest BCUT2D eigenvalue weighted by molar-refractivity contribution is 0.0953. The van der Waals surface area contributed by atoms with E-state index in [4.69, 9.17) is 0 Å². The van der Waals surface area contributed by atoms with Crippen molar-refractivity contribution in [1.29, 1.82) is 0 Å². The Bertz CT molecular complexity index is 911. The summed E-state index contributed by atoms with van der Waals surface area (Å²) in [5.74, 6) is -0.0966. The van der Waals surface area contributed by atoms with Crippen molar-refractivity contribution in [2.24, 2.45) is 0 Å². The number of aromatic nitrogens is 3. The standard InChI is InChI=1S/C19H22N4O/c1-12-10-16-6-5-7-20-18(16)17(11-12)19(24)21-8-9-23-15(4)13(2)14(3)22-23/h5-7,10-11H,8-9H2,1-4H3,(H,21,24). The summed E-state index contributed by atoms with van der Waals surface area (Å²) >= 11 is 0. The van der Waals surface area contributed by atoms with Crippen LogP contribution < -0.4 is 5.32 Å². The maximum atomic E-state index is 12.6. The predicted octanol–water partition coefficient (Wildman–Crippen LogP) is 3.09. The first-order valence-electron chi connectivity index (χ1n) is 8.11. The zero-order chi connectivity index (χ0) is 17.3. The molecule has 2 heterocycles. The lowest BCUT2D eigenvalue weighted by atomic mass is 10.1. The first kappa shape index (κ1) is 16.2. The van der Waals surface area contributed by atoms with Crippen LogP contribution in [0, 0.1) is 27.7 Å². The summed E-state index contributed by atoms with van der Waals surface area (Å²) in [5, 5.41) is 8.46. The normalized spacial score (nSPS) is 11.0. The summed E-state index contributed by atoms with van der Waals surface area (Å²) in [6, 6.07) is 7.79. The van der Waals surface area contributed by atoms with Crippen LogP contribution in [0.4, 0.5) is 0 Å². The number of rotatable bonds is 4. The van der Waals surface area contributed by atoms with Gasteiger partial charge in [-0.15, -0.1) is 0 Å². The summed E-state index contributed by atoms with van der Waals surface area (Å²) < 4.78 is 1.94. The number of pyridine rings is 1. The number of hydrogen-bond acceptors (Lipinski definition) is 3. The molecule has 1 aromatic carbocycles. The van der Waals surface area contributed by atoms with E-state index in [9.17, 15) is 4.79 Å². The summed E-state index contributed by atoms with van der Waals surface area (Å²) in [6.07, 6.45) is 1.72. The molecule has 0 saturated carbocycles. The Morgan fingerprint density at radius 3 is 2.71 bits per heavy atom. The van der Waals surface area contributed by atoms with Crippen molar-refractivity contribution in [3.05, 3.63) is 58.5 Å². The van der Waals surface area contributed by atoms with E-state index in [0.29, 0.717) is 18.7 Å². The molecule has 3 rings (SSSR count). The van der Waals surface area contributed by atoms with Gasteiger partial charge in [-0.3, -0.25) is 14.5 Å². The molecule has 0 saturated heterocycles. The minimum absolute atomic E-state index is 0.0966. The Balaban J connectivity index is 1.75. The van der Waals surface area contributed by atoms with Gasteiger partial charge in [-0.2, -0.15) is 5.10 Å². The average Bonchev–Trinajstić information content (AvgIpc) is 2.81. The second-order valence-electron chi connectivity index (χ2n) is 6.16. The number of nitrogens with one attached hydrogen (secondary N) is 1. The van der Waals surface area contributed by atoms with Gasteiger partial charge in [0, 0.05) is 23.8 Å². The van der Waals surface area contributed by atoms with Gasteiger partial charge in [0.1, 0.15) is 0 Å². The maximum absolute atomic E-state index is 12.6. The van der Waals surface area contributed by atoms with Crippen molar-refractivity contribution in [1.82, 2.24) is 20.1 Å². The van der Waals surface area contributed by atoms with E-state index in [1.165, 1.54) is 5.56 Å². The SMILES string of the molecule is Cc1cc(C(=O)NCCn2nc(C)c(C)c2C)c2ncccc2c1. The molecule has 0 bridgehead atoms. The van der Waals surface area contributed by atoms with Crippen molar-refractivity contribution in [2.75, 3.05) is 6.54 Å². The van der Waals surface area contributed by atoms with Crippen LogP contribution in [-0.2, 0) is 6.54 Å². The van der Waals surface area contributed by atoms with E-state index in [-0.39, 0.29) is 5.91 Å². The topological polar surface area (TPSA) is 59.8 Å². The molecule has 0 fully saturated rings. The van der Waals surface area contributed by atoms with Gasteiger partial charge in [-0.1, -0.05) is 6.07 Å². The van der Waals surface area contributed by atoms with Crippen LogP contribution in [0.3, 0.4) is 0 Å². The molecule has 0 unspecified atom stereocenters. The minimum atomic E-state index is -0.0966. The highest BCUT2D eigenvalue weighted by Gasteiger charge is 2.12. The van der Waals surface area contributed by atoms with Gasteiger partial charge >= 0.3 is 0 Å². The van der Waals surface area contributed by atoms with E-state index in [1.807, 2.05) is 42.8 Å². The number of amides is 1. The highest BCUT2D eigenvalue weighted by atomic mass is 16.1. The van der Waals surface area contributed by atoms with Crippen LogP contribution in [0.25, 0.3) is 10.9 Å². The number of carbonyl (C=O) groups is 1. The summed E-state index contributed by atoms with van der Waals surface area (Å²) in [7, 11) is 0. The molecule has 0 radical (unpaired) electrons. The number of benzene rings is 1. The molecule has 0 spiro atoms. The lowest BCUT2D eigenvalue weighted by Crippen LogP contribution is -2.28. The first-order valence-corrected chi connectivity index (χ1v) is 8.11. The molecule has 3 aromatic rings. The molecule has 0 atom stereocenters. The molecule has 5 nitrogen and oxygen atoms in total. The van der Waals surface area contributed by atoms with Crippen LogP contribution in [0.2, 0.25) is 0 Å². The molecule has 0 aliphatic rings. The Kier molecular flexibility index (Phi) is 4.34. The van der Waals surface area contributed by atoms with Gasteiger partial charge in [0.15, 0.2) is 0 Å². The van der Waals surface area contributed by atoms with Gasteiger partial charge in [0.2, 0.25) is 0 Å². The summed E-state index contributed by atoms with van der Waals surface area (Å²) in [6.45, 7) is 9.29. The highest BCUT2D eigenvalue weighted by Crippen LogP contribution is 2.18. The Labute approximate surface area is 141 Å². The molecule has 0 aliphatic carbocycles. The molecule has 1 N–H and O–H groups in total. The highest BCUT2D eigenvalue weighted by molar-refractivity contribution is 6.05. The number of fused-ring (bicyclic) bond motifs is 1. The van der Waals surface area contributed by atoms with E-state index in [1.54, 1.807) is 6.20 Å². The Morgan fingerprint density at radius 1 is 1.21 bits per heavy atom. The molecule has 2 aromatic heterocycles. The maximum Gasteiger partial charge on any atom is 0.253 e. The van der Waals surface area contributed by atoms with Gasteiger partial charge in [-0.25, -0.2) is 0 Å². The number of carbonyl (C=O) groups excluding carboxylic acids is 1. The number of hydrogen-bond donors (Lipinski definition) is 1. The van der Waals surface area contributed by atoms with Gasteiger partial charge in [0.05, 0.1) is 23.3 Å². The van der Waals surface area contributed by atoms with Crippen molar-refractivity contribution < 1.29 is 4.79 Å². The fourth-order valence-electron chi connectivity index (χ4n) is 2.89. The second-order valence-corrected chi connectivity index (χ2v) is 6.16. The van der Waals surface area contributed by atoms with E-state index >= 15 is 0 Å². The second kappa shape index (κ2) is 6.43. The van der Waals surface area contributed by atoms with Gasteiger partial charge in [0.25, 0.3) is 5.91 Å². The Hall–Kier alpha value is -2.69. The van der Waals surface area contributed by atoms with Gasteiger partial charge < -0.3 is 5.32 Å². The molecule has 5 heteroatoms. The van der Waals surface area contributed by atoms with Crippen LogP contribution in [0.1, 0.15) is 32.9 Å². The summed E-state index contributed by atoms with van der Waals surface area (Å²) in [4.78, 5) is 16.9. The number of aryl methyl sites for hydroxylation is 2. The third kappa shape index (κ3) is 3.02. The van der Waals surface area contributed by atoms with E-state index in [0.717, 1.165) is 27.9 Å². The third-order valence-corrected chi connectivity index (χ3v) is 4.45. The Morgan fingerprint density at radius 2 is 2.00 bits per heavy atom. The fourth-order valence-corrected chi connectivity index (χ4v) is 2.89. The molecule has 24 heavy (non-hydrogen) atoms. The van der Waals surface area contributed by atoms with Crippen LogP contribution in [0.15, 0.2) is 30.5 Å². The molecule has 0 aliphatic heterocycles. The third-order valence-electron chi connectivity index (χ3n) is 4.45. The van der Waals surface area contributed by atoms with Crippen LogP contribution in [0.5, 0.6) is 0 Å². The summed E-state index contributed by atoms with van der Waals surface area (Å²) in [5.41, 5.74) is 5.79.